The highest BCUT2D eigenvalue weighted by Gasteiger charge is 2.21. The van der Waals surface area contributed by atoms with E-state index in [2.05, 4.69) is 9.97 Å². The molecular weight excluding hydrogens is 348 g/mol. The lowest BCUT2D eigenvalue weighted by Gasteiger charge is -1.94. The van der Waals surface area contributed by atoms with E-state index in [1.54, 1.807) is 6.20 Å². The molecule has 1 aromatic heterocycles. The molecule has 0 fully saturated rings. The third kappa shape index (κ3) is 4.41. The maximum atomic E-state index is 10.3. The van der Waals surface area contributed by atoms with Crippen molar-refractivity contribution in [3.05, 3.63) is 79.0 Å². The Kier molecular flexibility index (Phi) is 5.27. The number of hydrogen-bond acceptors (Lipinski definition) is 9. The van der Waals surface area contributed by atoms with Crippen LogP contribution < -0.4 is 5.73 Å². The van der Waals surface area contributed by atoms with Gasteiger partial charge in [0.05, 0.1) is 50.2 Å². The van der Waals surface area contributed by atoms with Crippen LogP contribution in [0, 0.1) is 30.3 Å². The lowest BCUT2D eigenvalue weighted by Crippen LogP contribution is -1.96. The predicted octanol–water partition coefficient (Wildman–Crippen LogP) is 2.62. The van der Waals surface area contributed by atoms with Gasteiger partial charge in [-0.05, 0) is 12.1 Å². The summed E-state index contributed by atoms with van der Waals surface area (Å²) in [7, 11) is 0. The zero-order valence-corrected chi connectivity index (χ0v) is 12.9. The lowest BCUT2D eigenvalue weighted by atomic mass is 10.2. The van der Waals surface area contributed by atoms with Crippen molar-refractivity contribution in [3.8, 4) is 0 Å². The molecule has 132 valence electrons. The number of hydrogen-bond donors (Lipinski definition) is 1. The molecule has 12 nitrogen and oxygen atoms in total. The zero-order valence-electron chi connectivity index (χ0n) is 12.9. The minimum atomic E-state index is -0.931. The first-order valence-corrected chi connectivity index (χ1v) is 6.83. The van der Waals surface area contributed by atoms with Crippen molar-refractivity contribution in [2.24, 2.45) is 0 Å². The number of nitrogen functional groups attached to an aromatic ring is 1. The van der Waals surface area contributed by atoms with Gasteiger partial charge in [-0.15, -0.1) is 0 Å². The van der Waals surface area contributed by atoms with Crippen molar-refractivity contribution < 1.29 is 14.8 Å². The molecule has 0 saturated heterocycles. The number of nitrogens with zero attached hydrogens (tertiary/aromatic N) is 5. The van der Waals surface area contributed by atoms with Gasteiger partial charge in [-0.3, -0.25) is 35.3 Å². The molecule has 0 amide bonds. The van der Waals surface area contributed by atoms with E-state index in [4.69, 9.17) is 5.73 Å². The highest BCUT2D eigenvalue weighted by atomic mass is 16.6. The molecule has 0 spiro atoms. The maximum Gasteiger partial charge on any atom is 0.283 e. The van der Waals surface area contributed by atoms with Crippen LogP contribution in [0.3, 0.4) is 0 Å². The van der Waals surface area contributed by atoms with E-state index in [0.717, 1.165) is 11.0 Å². The van der Waals surface area contributed by atoms with Crippen molar-refractivity contribution in [1.82, 2.24) is 9.97 Å². The van der Waals surface area contributed by atoms with E-state index in [1.165, 1.54) is 0 Å². The Morgan fingerprint density at radius 2 is 1.19 bits per heavy atom. The van der Waals surface area contributed by atoms with Crippen LogP contribution in [0.1, 0.15) is 0 Å². The van der Waals surface area contributed by atoms with Crippen LogP contribution in [0.2, 0.25) is 0 Å². The summed E-state index contributed by atoms with van der Waals surface area (Å²) in [4.78, 5) is 36.3. The summed E-state index contributed by atoms with van der Waals surface area (Å²) in [5.41, 5.74) is 5.11. The van der Waals surface area contributed by atoms with Crippen molar-refractivity contribution in [2.75, 3.05) is 5.73 Å². The lowest BCUT2D eigenvalue weighted by molar-refractivity contribution is -0.403. The molecule has 0 radical (unpaired) electrons. The standard InChI is InChI=1S/C8H7N3.C6H3N3O6/c9-8-5-10-6-3-1-2-4-7(6)11-8;10-7(11)4-1-5(8(12)13)3-6(2-4)9(14)15/h1-5H,(H2,9,11);1-3H. The van der Waals surface area contributed by atoms with Crippen molar-refractivity contribution in [2.45, 2.75) is 0 Å². The van der Waals surface area contributed by atoms with Crippen molar-refractivity contribution in [3.63, 3.8) is 0 Å². The van der Waals surface area contributed by atoms with Gasteiger partial charge in [0, 0.05) is 0 Å². The molecule has 0 atom stereocenters. The van der Waals surface area contributed by atoms with Gasteiger partial charge < -0.3 is 5.73 Å². The number of nitro benzene ring substituents is 3. The summed E-state index contributed by atoms with van der Waals surface area (Å²) in [5.74, 6) is 0.462. The number of rotatable bonds is 3. The fraction of sp³-hybridized carbons (Fsp3) is 0. The minimum absolute atomic E-state index is 0.462. The molecule has 0 aliphatic carbocycles. The highest BCUT2D eigenvalue weighted by molar-refractivity contribution is 5.74. The smallest absolute Gasteiger partial charge is 0.283 e. The van der Waals surface area contributed by atoms with Gasteiger partial charge in [0.25, 0.3) is 17.1 Å². The normalized spacial score (nSPS) is 9.85. The van der Waals surface area contributed by atoms with Gasteiger partial charge in [0.15, 0.2) is 0 Å². The summed E-state index contributed by atoms with van der Waals surface area (Å²) in [6.45, 7) is 0. The second-order valence-electron chi connectivity index (χ2n) is 4.76. The zero-order chi connectivity index (χ0) is 19.3. The Bertz CT molecular complexity index is 929. The van der Waals surface area contributed by atoms with Gasteiger partial charge in [-0.25, -0.2) is 4.98 Å². The van der Waals surface area contributed by atoms with E-state index in [0.29, 0.717) is 24.0 Å². The van der Waals surface area contributed by atoms with Crippen LogP contribution in [-0.4, -0.2) is 24.7 Å². The summed E-state index contributed by atoms with van der Waals surface area (Å²) < 4.78 is 0. The van der Waals surface area contributed by atoms with E-state index in [-0.39, 0.29) is 0 Å². The highest BCUT2D eigenvalue weighted by Crippen LogP contribution is 2.26. The average Bonchev–Trinajstić information content (AvgIpc) is 2.61. The Hall–Kier alpha value is -4.22. The number of anilines is 1. The van der Waals surface area contributed by atoms with Gasteiger partial charge >= 0.3 is 0 Å². The molecule has 3 rings (SSSR count). The van der Waals surface area contributed by atoms with Crippen LogP contribution >= 0.6 is 0 Å². The summed E-state index contributed by atoms with van der Waals surface area (Å²) in [5, 5.41) is 30.9. The Labute approximate surface area is 144 Å². The summed E-state index contributed by atoms with van der Waals surface area (Å²) in [6.07, 6.45) is 1.56. The quantitative estimate of drug-likeness (QED) is 0.543. The molecule has 2 aromatic carbocycles. The predicted molar refractivity (Wildman–Crippen MR) is 90.4 cm³/mol. The average molecular weight is 358 g/mol. The molecule has 1 heterocycles. The van der Waals surface area contributed by atoms with Crippen LogP contribution in [0.5, 0.6) is 0 Å². The summed E-state index contributed by atoms with van der Waals surface area (Å²) >= 11 is 0. The third-order valence-corrected chi connectivity index (χ3v) is 2.99. The molecular formula is C14H10N6O6. The molecule has 0 saturated carbocycles. The number of nitrogens with two attached hydrogens (primary N) is 1. The molecule has 26 heavy (non-hydrogen) atoms. The number of fused-ring (bicyclic) bond motifs is 1. The molecule has 0 aliphatic rings. The Morgan fingerprint density at radius 1 is 0.769 bits per heavy atom. The molecule has 0 aliphatic heterocycles. The second kappa shape index (κ2) is 7.57. The monoisotopic (exact) mass is 358 g/mol. The number of non-ortho nitro benzene ring substituents is 3. The van der Waals surface area contributed by atoms with Crippen LogP contribution in [-0.2, 0) is 0 Å². The van der Waals surface area contributed by atoms with Gasteiger partial charge in [-0.2, -0.15) is 0 Å². The van der Waals surface area contributed by atoms with Crippen molar-refractivity contribution >= 4 is 33.9 Å². The number of aromatic nitrogens is 2. The minimum Gasteiger partial charge on any atom is -0.382 e. The van der Waals surface area contributed by atoms with Crippen LogP contribution in [0.15, 0.2) is 48.7 Å². The van der Waals surface area contributed by atoms with E-state index < -0.39 is 31.8 Å². The van der Waals surface area contributed by atoms with E-state index >= 15 is 0 Å². The largest absolute Gasteiger partial charge is 0.382 e. The first-order chi connectivity index (χ1) is 12.3. The second-order valence-corrected chi connectivity index (χ2v) is 4.76. The molecule has 12 heteroatoms. The van der Waals surface area contributed by atoms with Gasteiger partial charge in [-0.1, -0.05) is 12.1 Å². The maximum absolute atomic E-state index is 10.3. The molecule has 3 aromatic rings. The van der Waals surface area contributed by atoms with Crippen LogP contribution in [0.4, 0.5) is 22.9 Å². The molecule has 2 N–H and O–H groups in total. The number of nitro groups is 3. The van der Waals surface area contributed by atoms with E-state index in [1.807, 2.05) is 24.3 Å². The van der Waals surface area contributed by atoms with Gasteiger partial charge in [0.2, 0.25) is 0 Å². The van der Waals surface area contributed by atoms with E-state index in [9.17, 15) is 30.3 Å². The SMILES string of the molecule is Nc1cnc2ccccc2n1.O=[N+]([O-])c1cc([N+](=O)[O-])cc([N+](=O)[O-])c1. The third-order valence-electron chi connectivity index (χ3n) is 2.99. The summed E-state index contributed by atoms with van der Waals surface area (Å²) in [6, 6.07) is 9.61. The fourth-order valence-corrected chi connectivity index (χ4v) is 1.87. The molecule has 0 unspecified atom stereocenters. The number of para-hydroxylation sites is 2. The topological polar surface area (TPSA) is 181 Å². The first-order valence-electron chi connectivity index (χ1n) is 6.83. The first kappa shape index (κ1) is 18.1. The van der Waals surface area contributed by atoms with Crippen molar-refractivity contribution in [1.29, 1.82) is 0 Å². The number of benzene rings is 2. The Morgan fingerprint density at radius 3 is 1.62 bits per heavy atom. The fourth-order valence-electron chi connectivity index (χ4n) is 1.87. The molecule has 0 bridgehead atoms. The van der Waals surface area contributed by atoms with Crippen LogP contribution in [0.25, 0.3) is 11.0 Å². The van der Waals surface area contributed by atoms with Gasteiger partial charge in [0.1, 0.15) is 5.82 Å². The Balaban J connectivity index is 0.000000195.